The number of nitrogens with one attached hydrogen (secondary N) is 1. The van der Waals surface area contributed by atoms with Crippen molar-refractivity contribution < 1.29 is 14.5 Å². The zero-order valence-corrected chi connectivity index (χ0v) is 12.3. The fourth-order valence-electron chi connectivity index (χ4n) is 3.03. The highest BCUT2D eigenvalue weighted by Crippen LogP contribution is 2.35. The van der Waals surface area contributed by atoms with Gasteiger partial charge in [0.1, 0.15) is 12.4 Å². The van der Waals surface area contributed by atoms with E-state index in [2.05, 4.69) is 5.32 Å². The third-order valence-corrected chi connectivity index (χ3v) is 4.19. The Balaban J connectivity index is 1.78. The zero-order chi connectivity index (χ0) is 15.5. The van der Waals surface area contributed by atoms with Crippen LogP contribution >= 0.6 is 0 Å². The summed E-state index contributed by atoms with van der Waals surface area (Å²) in [6, 6.07) is 4.34. The fraction of sp³-hybridized carbons (Fsp3) is 0.533. The van der Waals surface area contributed by atoms with Crippen LogP contribution in [0.25, 0.3) is 0 Å². The number of urea groups is 1. The van der Waals surface area contributed by atoms with E-state index in [0.717, 1.165) is 25.7 Å². The van der Waals surface area contributed by atoms with E-state index in [-0.39, 0.29) is 17.8 Å². The van der Waals surface area contributed by atoms with Gasteiger partial charge >= 0.3 is 6.03 Å². The van der Waals surface area contributed by atoms with Crippen LogP contribution in [0.3, 0.4) is 0 Å². The second-order valence-electron chi connectivity index (χ2n) is 5.69. The lowest BCUT2D eigenvalue weighted by atomic mass is 9.96. The maximum atomic E-state index is 12.5. The quantitative estimate of drug-likeness (QED) is 0.672. The number of amides is 2. The van der Waals surface area contributed by atoms with Crippen molar-refractivity contribution in [1.82, 2.24) is 5.32 Å². The SMILES string of the molecule is O=C(NC1CCCCC1)N1CCOc2ccc([N+](=O)[O-])cc21. The van der Waals surface area contributed by atoms with Gasteiger partial charge in [0.15, 0.2) is 0 Å². The Morgan fingerprint density at radius 1 is 1.32 bits per heavy atom. The fourth-order valence-corrected chi connectivity index (χ4v) is 3.03. The number of rotatable bonds is 2. The Morgan fingerprint density at radius 2 is 2.09 bits per heavy atom. The number of ether oxygens (including phenoxy) is 1. The number of nitro groups is 1. The first-order chi connectivity index (χ1) is 10.6. The second kappa shape index (κ2) is 6.21. The third-order valence-electron chi connectivity index (χ3n) is 4.19. The molecule has 7 nitrogen and oxygen atoms in total. The van der Waals surface area contributed by atoms with E-state index >= 15 is 0 Å². The van der Waals surface area contributed by atoms with Crippen molar-refractivity contribution in [3.8, 4) is 5.75 Å². The van der Waals surface area contributed by atoms with Gasteiger partial charge < -0.3 is 10.1 Å². The smallest absolute Gasteiger partial charge is 0.322 e. The average Bonchev–Trinajstić information content (AvgIpc) is 2.54. The van der Waals surface area contributed by atoms with Gasteiger partial charge in [-0.3, -0.25) is 15.0 Å². The standard InChI is InChI=1S/C15H19N3O4/c19-15(16-11-4-2-1-3-5-11)17-8-9-22-14-7-6-12(18(20)21)10-13(14)17/h6-7,10-11H,1-5,8-9H2,(H,16,19). The molecule has 3 rings (SSSR count). The van der Waals surface area contributed by atoms with Gasteiger partial charge in [-0.05, 0) is 18.9 Å². The lowest BCUT2D eigenvalue weighted by Crippen LogP contribution is -2.48. The molecule has 1 saturated carbocycles. The Morgan fingerprint density at radius 3 is 2.82 bits per heavy atom. The van der Waals surface area contributed by atoms with Crippen LogP contribution in [0.4, 0.5) is 16.2 Å². The van der Waals surface area contributed by atoms with E-state index in [0.29, 0.717) is 24.6 Å². The summed E-state index contributed by atoms with van der Waals surface area (Å²) in [7, 11) is 0. The minimum Gasteiger partial charge on any atom is -0.490 e. The predicted octanol–water partition coefficient (Wildman–Crippen LogP) is 2.84. The molecule has 0 spiro atoms. The monoisotopic (exact) mass is 305 g/mol. The highest BCUT2D eigenvalue weighted by molar-refractivity contribution is 5.94. The molecule has 1 aliphatic carbocycles. The molecule has 0 unspecified atom stereocenters. The van der Waals surface area contributed by atoms with Crippen LogP contribution in [0.2, 0.25) is 0 Å². The van der Waals surface area contributed by atoms with Crippen LogP contribution in [-0.4, -0.2) is 30.1 Å². The summed E-state index contributed by atoms with van der Waals surface area (Å²) in [6.45, 7) is 0.787. The highest BCUT2D eigenvalue weighted by atomic mass is 16.6. The van der Waals surface area contributed by atoms with Crippen molar-refractivity contribution in [2.45, 2.75) is 38.1 Å². The Bertz CT molecular complexity index is 584. The first-order valence-corrected chi connectivity index (χ1v) is 7.64. The van der Waals surface area contributed by atoms with Crippen molar-refractivity contribution in [3.63, 3.8) is 0 Å². The van der Waals surface area contributed by atoms with E-state index < -0.39 is 4.92 Å². The molecular weight excluding hydrogens is 286 g/mol. The van der Waals surface area contributed by atoms with E-state index in [4.69, 9.17) is 4.74 Å². The normalized spacial score (nSPS) is 18.3. The van der Waals surface area contributed by atoms with Gasteiger partial charge in [-0.2, -0.15) is 0 Å². The highest BCUT2D eigenvalue weighted by Gasteiger charge is 2.27. The van der Waals surface area contributed by atoms with Crippen molar-refractivity contribution >= 4 is 17.4 Å². The second-order valence-corrected chi connectivity index (χ2v) is 5.69. The van der Waals surface area contributed by atoms with Gasteiger partial charge in [-0.1, -0.05) is 19.3 Å². The van der Waals surface area contributed by atoms with E-state index in [1.54, 1.807) is 11.0 Å². The third kappa shape index (κ3) is 2.98. The number of fused-ring (bicyclic) bond motifs is 1. The number of nitro benzene ring substituents is 1. The molecule has 0 bridgehead atoms. The van der Waals surface area contributed by atoms with Crippen molar-refractivity contribution in [3.05, 3.63) is 28.3 Å². The predicted molar refractivity (Wildman–Crippen MR) is 81.3 cm³/mol. The molecular formula is C15H19N3O4. The summed E-state index contributed by atoms with van der Waals surface area (Å²) in [5.74, 6) is 0.510. The molecule has 1 aliphatic heterocycles. The summed E-state index contributed by atoms with van der Waals surface area (Å²) in [4.78, 5) is 24.5. The molecule has 1 heterocycles. The minimum absolute atomic E-state index is 0.0419. The molecule has 1 aromatic carbocycles. The molecule has 1 N–H and O–H groups in total. The molecule has 0 atom stereocenters. The van der Waals surface area contributed by atoms with Crippen molar-refractivity contribution in [2.75, 3.05) is 18.1 Å². The molecule has 0 aromatic heterocycles. The van der Waals surface area contributed by atoms with Crippen molar-refractivity contribution in [1.29, 1.82) is 0 Å². The number of hydrogen-bond acceptors (Lipinski definition) is 4. The van der Waals surface area contributed by atoms with Crippen LogP contribution in [0, 0.1) is 10.1 Å². The lowest BCUT2D eigenvalue weighted by Gasteiger charge is -2.32. The Hall–Kier alpha value is -2.31. The molecule has 2 aliphatic rings. The van der Waals surface area contributed by atoms with Crippen LogP contribution in [0.1, 0.15) is 32.1 Å². The number of non-ortho nitro benzene ring substituents is 1. The van der Waals surface area contributed by atoms with Gasteiger partial charge in [-0.25, -0.2) is 4.79 Å². The van der Waals surface area contributed by atoms with Gasteiger partial charge in [0.2, 0.25) is 0 Å². The van der Waals surface area contributed by atoms with E-state index in [1.165, 1.54) is 18.6 Å². The largest absolute Gasteiger partial charge is 0.490 e. The number of anilines is 1. The summed E-state index contributed by atoms with van der Waals surface area (Å²) in [5.41, 5.74) is 0.425. The van der Waals surface area contributed by atoms with Crippen molar-refractivity contribution in [2.24, 2.45) is 0 Å². The summed E-state index contributed by atoms with van der Waals surface area (Å²) in [5, 5.41) is 14.0. The molecule has 7 heteroatoms. The van der Waals surface area contributed by atoms with Crippen LogP contribution in [0.15, 0.2) is 18.2 Å². The number of carbonyl (C=O) groups excluding carboxylic acids is 1. The zero-order valence-electron chi connectivity index (χ0n) is 12.3. The van der Waals surface area contributed by atoms with Gasteiger partial charge in [0, 0.05) is 18.2 Å². The first kappa shape index (κ1) is 14.6. The summed E-state index contributed by atoms with van der Waals surface area (Å²) >= 11 is 0. The minimum atomic E-state index is -0.466. The van der Waals surface area contributed by atoms with E-state index in [9.17, 15) is 14.9 Å². The first-order valence-electron chi connectivity index (χ1n) is 7.64. The lowest BCUT2D eigenvalue weighted by molar-refractivity contribution is -0.384. The number of carbonyl (C=O) groups is 1. The molecule has 2 amide bonds. The van der Waals surface area contributed by atoms with Gasteiger partial charge in [0.25, 0.3) is 5.69 Å². The molecule has 1 fully saturated rings. The molecule has 0 saturated heterocycles. The molecule has 22 heavy (non-hydrogen) atoms. The van der Waals surface area contributed by atoms with Crippen LogP contribution in [-0.2, 0) is 0 Å². The van der Waals surface area contributed by atoms with Crippen LogP contribution in [0.5, 0.6) is 5.75 Å². The summed E-state index contributed by atoms with van der Waals surface area (Å²) in [6.07, 6.45) is 5.49. The molecule has 118 valence electrons. The number of hydrogen-bond donors (Lipinski definition) is 1. The van der Waals surface area contributed by atoms with Crippen LogP contribution < -0.4 is 15.0 Å². The number of benzene rings is 1. The van der Waals surface area contributed by atoms with Gasteiger partial charge in [-0.15, -0.1) is 0 Å². The van der Waals surface area contributed by atoms with E-state index in [1.807, 2.05) is 0 Å². The molecule has 1 aromatic rings. The topological polar surface area (TPSA) is 84.7 Å². The summed E-state index contributed by atoms with van der Waals surface area (Å²) < 4.78 is 5.48. The maximum absolute atomic E-state index is 12.5. The number of nitrogens with zero attached hydrogens (tertiary/aromatic N) is 2. The maximum Gasteiger partial charge on any atom is 0.322 e. The average molecular weight is 305 g/mol. The molecule has 0 radical (unpaired) electrons. The Kier molecular flexibility index (Phi) is 4.13. The Labute approximate surface area is 128 Å². The van der Waals surface area contributed by atoms with Gasteiger partial charge in [0.05, 0.1) is 17.2 Å².